The summed E-state index contributed by atoms with van der Waals surface area (Å²) < 4.78 is 4.81. The number of fused-ring (bicyclic) bond motifs is 1. The van der Waals surface area contributed by atoms with E-state index >= 15 is 0 Å². The number of unbranched alkanes of at least 4 members (excludes halogenated alkanes) is 2. The summed E-state index contributed by atoms with van der Waals surface area (Å²) in [5.41, 5.74) is 4.17. The van der Waals surface area contributed by atoms with E-state index in [9.17, 15) is 19.2 Å². The number of hydrogen-bond donors (Lipinski definition) is 0. The Morgan fingerprint density at radius 3 is 1.25 bits per heavy atom. The molecule has 260 valence electrons. The summed E-state index contributed by atoms with van der Waals surface area (Å²) in [6.07, 6.45) is 4.24. The molecule has 7 aromatic rings. The molecule has 0 fully saturated rings. The summed E-state index contributed by atoms with van der Waals surface area (Å²) in [6, 6.07) is 31.7. The van der Waals surface area contributed by atoms with Gasteiger partial charge in [-0.25, -0.2) is 0 Å². The Balaban J connectivity index is 1.30. The third-order valence-electron chi connectivity index (χ3n) is 12.3. The van der Waals surface area contributed by atoms with E-state index in [1.54, 1.807) is 0 Å². The maximum absolute atomic E-state index is 14.7. The van der Waals surface area contributed by atoms with Crippen molar-refractivity contribution >= 4 is 92.3 Å². The molecule has 0 N–H and O–H groups in total. The van der Waals surface area contributed by atoms with E-state index in [0.29, 0.717) is 22.3 Å². The molecule has 0 unspecified atom stereocenters. The van der Waals surface area contributed by atoms with E-state index in [1.807, 2.05) is 84.9 Å². The van der Waals surface area contributed by atoms with Gasteiger partial charge in [-0.05, 0) is 0 Å². The summed E-state index contributed by atoms with van der Waals surface area (Å²) in [4.78, 5) is 60.9. The van der Waals surface area contributed by atoms with E-state index < -0.39 is 18.4 Å². The van der Waals surface area contributed by atoms with Crippen LogP contribution in [-0.2, 0) is 13.1 Å². The van der Waals surface area contributed by atoms with Crippen molar-refractivity contribution in [2.75, 3.05) is 0 Å². The molecule has 0 aromatic heterocycles. The van der Waals surface area contributed by atoms with Gasteiger partial charge in [0.15, 0.2) is 0 Å². The van der Waals surface area contributed by atoms with Gasteiger partial charge in [-0.3, -0.25) is 0 Å². The van der Waals surface area contributed by atoms with Crippen LogP contribution in [0.15, 0.2) is 97.1 Å². The number of nitrogens with zero attached hydrogens (tertiary/aromatic N) is 2. The van der Waals surface area contributed by atoms with Crippen LogP contribution in [0.5, 0.6) is 0 Å². The molecule has 0 radical (unpaired) electrons. The van der Waals surface area contributed by atoms with Crippen molar-refractivity contribution in [3.8, 4) is 0 Å². The maximum atomic E-state index is 14.7. The van der Waals surface area contributed by atoms with Crippen molar-refractivity contribution in [1.29, 1.82) is 0 Å². The van der Waals surface area contributed by atoms with Crippen molar-refractivity contribution in [2.45, 2.75) is 61.5 Å². The zero-order valence-corrected chi connectivity index (χ0v) is 32.8. The molecule has 0 saturated carbocycles. The van der Waals surface area contributed by atoms with Gasteiger partial charge in [0.05, 0.1) is 0 Å². The third-order valence-corrected chi connectivity index (χ3v) is 27.3. The van der Waals surface area contributed by atoms with Gasteiger partial charge in [0, 0.05) is 0 Å². The van der Waals surface area contributed by atoms with Gasteiger partial charge in [0.2, 0.25) is 0 Å². The molecule has 0 saturated heterocycles. The van der Waals surface area contributed by atoms with E-state index in [0.717, 1.165) is 78.0 Å². The topological polar surface area (TPSA) is 74.8 Å². The third kappa shape index (κ3) is 4.39. The standard InChI is InChI=1S/C38H20N2O4.2C4H9.Sn/c41-35-27-15-11-23-25-13-17-29-34-30(38(44)40(37(29)43)20-22-9-5-2-6-10-22)18-14-26(32(25)34)24-12-16-28(33(27)31(23)24)36(42)39(35)19-21-7-3-1-4-8-21;2*1-3-4-2;/h1-11,13,15-18H,19-20H2;2*1,3-4H2,2H3;. The molecular formula is C46H38N2O4Sn. The molecule has 0 bridgehead atoms. The van der Waals surface area contributed by atoms with Gasteiger partial charge < -0.3 is 0 Å². The van der Waals surface area contributed by atoms with Gasteiger partial charge in [0.25, 0.3) is 0 Å². The van der Waals surface area contributed by atoms with Crippen molar-refractivity contribution in [1.82, 2.24) is 9.80 Å². The Labute approximate surface area is 311 Å². The van der Waals surface area contributed by atoms with Crippen molar-refractivity contribution in [3.63, 3.8) is 0 Å². The normalized spacial score (nSPS) is 15.8. The molecule has 0 atom stereocenters. The zero-order valence-electron chi connectivity index (χ0n) is 29.9. The zero-order chi connectivity index (χ0) is 36.2. The predicted octanol–water partition coefficient (Wildman–Crippen LogP) is 8.81. The summed E-state index contributed by atoms with van der Waals surface area (Å²) >= 11 is -3.70. The Morgan fingerprint density at radius 2 is 0.849 bits per heavy atom. The molecule has 53 heavy (non-hydrogen) atoms. The minimum absolute atomic E-state index is 0.212. The van der Waals surface area contributed by atoms with Gasteiger partial charge in [0.1, 0.15) is 0 Å². The first-order valence-electron chi connectivity index (χ1n) is 19.0. The Bertz CT molecular complexity index is 2550. The average Bonchev–Trinajstić information content (AvgIpc) is 3.47. The van der Waals surface area contributed by atoms with E-state index in [1.165, 1.54) is 27.7 Å². The van der Waals surface area contributed by atoms with E-state index in [2.05, 4.69) is 26.0 Å². The number of benzene rings is 7. The molecule has 0 aliphatic carbocycles. The average molecular weight is 802 g/mol. The van der Waals surface area contributed by atoms with Crippen LogP contribution < -0.4 is 7.16 Å². The van der Waals surface area contributed by atoms with Crippen LogP contribution in [-0.4, -0.2) is 51.8 Å². The molecule has 4 amide bonds. The fraction of sp³-hybridized carbons (Fsp3) is 0.217. The fourth-order valence-corrected chi connectivity index (χ4v) is 26.5. The number of imide groups is 2. The first kappa shape index (κ1) is 32.6. The SMILES string of the molecule is CCC[CH2][Sn]1([CH2]CCC)[c]2cc3c4c(ccc5c6ccc7c8c(c[c]1c(c2c45)c86)C(=O)N(Cc1ccccc1)C7=O)C(=O)N(Cc1ccccc1)C3=O. The predicted molar refractivity (Wildman–Crippen MR) is 213 cm³/mol. The summed E-state index contributed by atoms with van der Waals surface area (Å²) in [6.45, 7) is 4.91. The van der Waals surface area contributed by atoms with Crippen LogP contribution in [0.25, 0.3) is 43.1 Å². The number of carbonyl (C=O) groups excluding carboxylic acids is 4. The van der Waals surface area contributed by atoms with Crippen molar-refractivity contribution in [2.24, 2.45) is 0 Å². The van der Waals surface area contributed by atoms with Crippen LogP contribution in [0.1, 0.15) is 92.1 Å². The second kappa shape index (κ2) is 12.0. The molecule has 7 heteroatoms. The second-order valence-electron chi connectivity index (χ2n) is 15.2. The molecular weight excluding hydrogens is 763 g/mol. The first-order chi connectivity index (χ1) is 25.9. The monoisotopic (exact) mass is 802 g/mol. The molecule has 3 aliphatic rings. The summed E-state index contributed by atoms with van der Waals surface area (Å²) in [5, 5.41) is 7.77. The van der Waals surface area contributed by atoms with Crippen LogP contribution in [0, 0.1) is 0 Å². The van der Waals surface area contributed by atoms with Crippen LogP contribution in [0.4, 0.5) is 0 Å². The van der Waals surface area contributed by atoms with Gasteiger partial charge in [-0.2, -0.15) is 0 Å². The number of amides is 4. The van der Waals surface area contributed by atoms with Crippen molar-refractivity contribution in [3.05, 3.63) is 130 Å². The van der Waals surface area contributed by atoms with Crippen LogP contribution >= 0.6 is 0 Å². The molecule has 3 aliphatic heterocycles. The van der Waals surface area contributed by atoms with E-state index in [-0.39, 0.29) is 36.7 Å². The van der Waals surface area contributed by atoms with Gasteiger partial charge in [-0.15, -0.1) is 0 Å². The van der Waals surface area contributed by atoms with E-state index in [4.69, 9.17) is 0 Å². The van der Waals surface area contributed by atoms with Crippen LogP contribution in [0.3, 0.4) is 0 Å². The Kier molecular flexibility index (Phi) is 7.35. The summed E-state index contributed by atoms with van der Waals surface area (Å²) in [5.74, 6) is -1.02. The number of rotatable bonds is 10. The summed E-state index contributed by atoms with van der Waals surface area (Å²) in [7, 11) is 0. The minimum atomic E-state index is -3.70. The van der Waals surface area contributed by atoms with Crippen molar-refractivity contribution < 1.29 is 19.2 Å². The second-order valence-corrected chi connectivity index (χ2v) is 27.3. The molecule has 3 heterocycles. The quantitative estimate of drug-likeness (QED) is 0.0600. The number of carbonyl (C=O) groups is 4. The first-order valence-corrected chi connectivity index (χ1v) is 25.9. The number of hydrogen-bond acceptors (Lipinski definition) is 4. The van der Waals surface area contributed by atoms with Gasteiger partial charge in [-0.1, -0.05) is 0 Å². The molecule has 10 rings (SSSR count). The Hall–Kier alpha value is -5.08. The van der Waals surface area contributed by atoms with Crippen LogP contribution in [0.2, 0.25) is 8.87 Å². The molecule has 7 aromatic carbocycles. The molecule has 0 spiro atoms. The van der Waals surface area contributed by atoms with Gasteiger partial charge >= 0.3 is 313 Å². The fourth-order valence-electron chi connectivity index (χ4n) is 9.90. The Morgan fingerprint density at radius 1 is 0.453 bits per heavy atom. The molecule has 6 nitrogen and oxygen atoms in total.